The molecule has 0 spiro atoms. The third-order valence-corrected chi connectivity index (χ3v) is 23.5. The van der Waals surface area contributed by atoms with Crippen LogP contribution < -0.4 is 0 Å². The van der Waals surface area contributed by atoms with Crippen LogP contribution in [0.4, 0.5) is 0 Å². The van der Waals surface area contributed by atoms with Gasteiger partial charge in [-0.1, -0.05) is 46.3 Å². The van der Waals surface area contributed by atoms with Crippen molar-refractivity contribution in [3.63, 3.8) is 0 Å². The number of ether oxygens (including phenoxy) is 10. The number of esters is 1. The number of carboxylic acid groups (broad SMARTS) is 2. The van der Waals surface area contributed by atoms with Gasteiger partial charge in [-0.2, -0.15) is 0 Å². The fourth-order valence-electron chi connectivity index (χ4n) is 17.9. The SMILES string of the molecule is CC1OC(OC2C(OC3C(O)CC4(C)C(CCC5(C)C4CC=C4C6CC(C)(C)CCC6(C(=O)OC6OC(C)C(O)C(OC7OC(C)C(O)C(O)C7O)C6OC6OC(C)C(O)C(O)C6O)C(O)CC45C)C3(C)C(=O)O)OC(C(=O)O)C(O)C2O)C(O)C(O)C1O. The maximum Gasteiger partial charge on any atom is 0.335 e. The van der Waals surface area contributed by atoms with Gasteiger partial charge in [-0.3, -0.25) is 9.59 Å². The quantitative estimate of drug-likeness (QED) is 0.0526. The fourth-order valence-corrected chi connectivity index (χ4v) is 17.9. The van der Waals surface area contributed by atoms with Gasteiger partial charge in [0.05, 0.1) is 42.0 Å². The summed E-state index contributed by atoms with van der Waals surface area (Å²) in [6.07, 6.45) is -44.6. The van der Waals surface area contributed by atoms with Crippen molar-refractivity contribution < 1.29 is 143 Å². The van der Waals surface area contributed by atoms with Crippen LogP contribution in [0, 0.1) is 50.2 Å². The number of rotatable bonds is 12. The summed E-state index contributed by atoms with van der Waals surface area (Å²) in [7, 11) is 0. The molecule has 0 aromatic carbocycles. The molecule has 0 amide bonds. The maximum atomic E-state index is 15.8. The number of carbonyl (C=O) groups excluding carboxylic acids is 1. The minimum atomic E-state index is -2.18. The van der Waals surface area contributed by atoms with E-state index in [-0.39, 0.29) is 25.7 Å². The molecule has 0 aromatic rings. The van der Waals surface area contributed by atoms with Crippen molar-refractivity contribution in [1.29, 1.82) is 0 Å². The number of aliphatic hydroxyl groups excluding tert-OH is 14. The van der Waals surface area contributed by atoms with E-state index in [1.807, 2.05) is 13.8 Å². The van der Waals surface area contributed by atoms with Crippen molar-refractivity contribution in [2.24, 2.45) is 50.2 Å². The van der Waals surface area contributed by atoms with Gasteiger partial charge in [0, 0.05) is 0 Å². The topological polar surface area (TPSA) is 467 Å². The number of fused-ring (bicyclic) bond motifs is 7. The molecule has 9 fully saturated rings. The molecule has 36 atom stereocenters. The Morgan fingerprint density at radius 1 is 0.494 bits per heavy atom. The van der Waals surface area contributed by atoms with Crippen molar-refractivity contribution in [1.82, 2.24) is 0 Å². The molecule has 5 saturated heterocycles. The highest BCUT2D eigenvalue weighted by molar-refractivity contribution is 5.80. The van der Waals surface area contributed by atoms with Gasteiger partial charge in [0.15, 0.2) is 37.4 Å². The normalized spacial score (nSPS) is 55.7. The Morgan fingerprint density at radius 2 is 0.989 bits per heavy atom. The van der Waals surface area contributed by atoms with Gasteiger partial charge >= 0.3 is 17.9 Å². The summed E-state index contributed by atoms with van der Waals surface area (Å²) in [5.41, 5.74) is -6.06. The van der Waals surface area contributed by atoms with Crippen molar-refractivity contribution >= 4 is 17.9 Å². The van der Waals surface area contributed by atoms with Crippen LogP contribution in [-0.2, 0) is 61.8 Å². The first-order chi connectivity index (χ1) is 41.3. The Kier molecular flexibility index (Phi) is 19.0. The van der Waals surface area contributed by atoms with E-state index in [4.69, 9.17) is 47.4 Å². The second-order valence-electron chi connectivity index (χ2n) is 29.1. The molecule has 0 aromatic heterocycles. The molecule has 5 aliphatic carbocycles. The second kappa shape index (κ2) is 24.5. The Morgan fingerprint density at radius 3 is 1.51 bits per heavy atom. The van der Waals surface area contributed by atoms with E-state index in [0.717, 1.165) is 5.57 Å². The molecule has 0 bridgehead atoms. The van der Waals surface area contributed by atoms with Crippen LogP contribution in [0.15, 0.2) is 11.6 Å². The van der Waals surface area contributed by atoms with Crippen LogP contribution >= 0.6 is 0 Å². The number of carboxylic acids is 2. The van der Waals surface area contributed by atoms with E-state index < -0.39 is 240 Å². The first-order valence-electron chi connectivity index (χ1n) is 31.1. The molecule has 89 heavy (non-hydrogen) atoms. The lowest BCUT2D eigenvalue weighted by atomic mass is 9.33. The zero-order valence-corrected chi connectivity index (χ0v) is 51.6. The molecular formula is C60H94O29. The molecule has 10 aliphatic rings. The minimum absolute atomic E-state index is 0.0214. The summed E-state index contributed by atoms with van der Waals surface area (Å²) in [5.74, 6) is -6.03. The molecule has 5 heterocycles. The smallest absolute Gasteiger partial charge is 0.335 e. The molecular weight excluding hydrogens is 1180 g/mol. The maximum absolute atomic E-state index is 15.8. The van der Waals surface area contributed by atoms with E-state index in [1.165, 1.54) is 34.6 Å². The number of aliphatic carboxylic acids is 2. The average molecular weight is 1280 g/mol. The molecule has 5 aliphatic heterocycles. The molecule has 29 nitrogen and oxygen atoms in total. The summed E-state index contributed by atoms with van der Waals surface area (Å²) in [4.78, 5) is 42.4. The monoisotopic (exact) mass is 1280 g/mol. The molecule has 0 radical (unpaired) electrons. The lowest BCUT2D eigenvalue weighted by Crippen LogP contribution is -2.71. The summed E-state index contributed by atoms with van der Waals surface area (Å²) in [6.45, 7) is 17.1. The predicted octanol–water partition coefficient (Wildman–Crippen LogP) is -3.00. The zero-order chi connectivity index (χ0) is 65.6. The Labute approximate surface area is 514 Å². The van der Waals surface area contributed by atoms with E-state index in [0.29, 0.717) is 25.7 Å². The van der Waals surface area contributed by atoms with Crippen LogP contribution in [0.2, 0.25) is 0 Å². The number of hydrogen-bond donors (Lipinski definition) is 16. The van der Waals surface area contributed by atoms with E-state index in [2.05, 4.69) is 26.8 Å². The second-order valence-corrected chi connectivity index (χ2v) is 29.1. The van der Waals surface area contributed by atoms with Gasteiger partial charge in [0.1, 0.15) is 97.0 Å². The molecule has 36 unspecified atom stereocenters. The average Bonchev–Trinajstić information content (AvgIpc) is 0.682. The highest BCUT2D eigenvalue weighted by Crippen LogP contribution is 2.76. The molecule has 4 saturated carbocycles. The molecule has 16 N–H and O–H groups in total. The van der Waals surface area contributed by atoms with Crippen molar-refractivity contribution in [3.05, 3.63) is 11.6 Å². The van der Waals surface area contributed by atoms with Crippen LogP contribution in [0.5, 0.6) is 0 Å². The minimum Gasteiger partial charge on any atom is -0.481 e. The van der Waals surface area contributed by atoms with Crippen molar-refractivity contribution in [3.8, 4) is 0 Å². The molecule has 29 heteroatoms. The van der Waals surface area contributed by atoms with Crippen molar-refractivity contribution in [2.75, 3.05) is 0 Å². The first-order valence-corrected chi connectivity index (χ1v) is 31.1. The number of aliphatic hydroxyl groups is 14. The van der Waals surface area contributed by atoms with Gasteiger partial charge < -0.3 is 129 Å². The third kappa shape index (κ3) is 11.0. The Hall–Kier alpha value is -2.77. The summed E-state index contributed by atoms with van der Waals surface area (Å²) >= 11 is 0. The van der Waals surface area contributed by atoms with Gasteiger partial charge in [0.25, 0.3) is 0 Å². The lowest BCUT2D eigenvalue weighted by Gasteiger charge is -2.71. The van der Waals surface area contributed by atoms with Gasteiger partial charge in [-0.25, -0.2) is 4.79 Å². The van der Waals surface area contributed by atoms with Crippen LogP contribution in [0.3, 0.4) is 0 Å². The van der Waals surface area contributed by atoms with E-state index in [1.54, 1.807) is 0 Å². The van der Waals surface area contributed by atoms with Gasteiger partial charge in [-0.05, 0) is 125 Å². The van der Waals surface area contributed by atoms with Crippen LogP contribution in [0.1, 0.15) is 121 Å². The van der Waals surface area contributed by atoms with Crippen LogP contribution in [0.25, 0.3) is 0 Å². The largest absolute Gasteiger partial charge is 0.481 e. The number of hydrogen-bond acceptors (Lipinski definition) is 27. The fraction of sp³-hybridized carbons (Fsp3) is 0.917. The summed E-state index contributed by atoms with van der Waals surface area (Å²) in [5, 5.41) is 178. The summed E-state index contributed by atoms with van der Waals surface area (Å²) < 4.78 is 60.3. The highest BCUT2D eigenvalue weighted by Gasteiger charge is 2.75. The van der Waals surface area contributed by atoms with Crippen LogP contribution in [-0.4, -0.2) is 271 Å². The number of allylic oxidation sites excluding steroid dienone is 2. The van der Waals surface area contributed by atoms with Gasteiger partial charge in [-0.15, -0.1) is 0 Å². The third-order valence-electron chi connectivity index (χ3n) is 23.5. The zero-order valence-electron chi connectivity index (χ0n) is 51.6. The highest BCUT2D eigenvalue weighted by atomic mass is 16.8. The number of carbonyl (C=O) groups is 3. The first kappa shape index (κ1) is 69.1. The van der Waals surface area contributed by atoms with Gasteiger partial charge in [0.2, 0.25) is 6.29 Å². The predicted molar refractivity (Wildman–Crippen MR) is 295 cm³/mol. The van der Waals surface area contributed by atoms with E-state index in [9.17, 15) is 91.3 Å². The summed E-state index contributed by atoms with van der Waals surface area (Å²) in [6, 6.07) is 0. The Bertz CT molecular complexity index is 2630. The Balaban J connectivity index is 0.964. The standard InChI is InChI=1S/C60H94O29/c1-20-30(63)34(67)39(72)48(80-20)84-42-33(66)23(4)83-52(45(42)87-50-41(74)36(69)32(65)22(3)82-50)89-54(79)60-16-15-55(5,6)17-25(60)24-11-12-27-56(7)18-26(61)46(59(10,53(77)78)28(56)13-14-57(27,8)58(24,9)19-29(60)62)88-51-44(38(71)37(70)43(85-51)47(75)76)86-49-40(73)35(68)31(64)21(2)81-49/h11,20-23,25-46,48-52,61-74H,12-19H2,1-10H3,(H,75,76)(H,77,78). The molecule has 508 valence electrons. The van der Waals surface area contributed by atoms with E-state index >= 15 is 4.79 Å². The van der Waals surface area contributed by atoms with Crippen molar-refractivity contribution in [2.45, 2.75) is 292 Å². The molecule has 10 rings (SSSR count). The lowest BCUT2D eigenvalue weighted by molar-refractivity contribution is -0.384.